The van der Waals surface area contributed by atoms with Crippen LogP contribution >= 0.6 is 0 Å². The highest BCUT2D eigenvalue weighted by Gasteiger charge is 2.20. The van der Waals surface area contributed by atoms with Crippen molar-refractivity contribution < 1.29 is 4.74 Å². The second-order valence-electron chi connectivity index (χ2n) is 2.98. The Morgan fingerprint density at radius 2 is 1.90 bits per heavy atom. The standard InChI is InChI=1S/C7H16N2O/c1-6-3-9(5-8)4-7(2)10-6/h6-7H,3-5,8H2,1-2H3. The van der Waals surface area contributed by atoms with Crippen LogP contribution in [0.3, 0.4) is 0 Å². The Morgan fingerprint density at radius 1 is 1.40 bits per heavy atom. The summed E-state index contributed by atoms with van der Waals surface area (Å²) in [5, 5.41) is 0. The summed E-state index contributed by atoms with van der Waals surface area (Å²) < 4.78 is 5.52. The summed E-state index contributed by atoms with van der Waals surface area (Å²) in [6.07, 6.45) is 0.680. The van der Waals surface area contributed by atoms with Gasteiger partial charge in [0.05, 0.1) is 12.2 Å². The van der Waals surface area contributed by atoms with Gasteiger partial charge in [-0.1, -0.05) is 0 Å². The molecular formula is C7H16N2O. The minimum Gasteiger partial charge on any atom is -0.373 e. The lowest BCUT2D eigenvalue weighted by molar-refractivity contribution is -0.0672. The normalized spacial score (nSPS) is 36.3. The molecule has 0 aromatic heterocycles. The Kier molecular flexibility index (Phi) is 2.65. The van der Waals surface area contributed by atoms with Gasteiger partial charge in [-0.2, -0.15) is 0 Å². The number of hydrogen-bond acceptors (Lipinski definition) is 3. The van der Waals surface area contributed by atoms with Crippen molar-refractivity contribution in [1.29, 1.82) is 0 Å². The third kappa shape index (κ3) is 1.94. The lowest BCUT2D eigenvalue weighted by atomic mass is 10.2. The Bertz CT molecular complexity index is 97.8. The van der Waals surface area contributed by atoms with Gasteiger partial charge in [0, 0.05) is 19.8 Å². The molecule has 0 saturated carbocycles. The van der Waals surface area contributed by atoms with Crippen LogP contribution in [0.25, 0.3) is 0 Å². The maximum absolute atomic E-state index is 5.52. The summed E-state index contributed by atoms with van der Waals surface area (Å²) in [7, 11) is 0. The summed E-state index contributed by atoms with van der Waals surface area (Å²) in [4.78, 5) is 2.21. The van der Waals surface area contributed by atoms with Gasteiger partial charge >= 0.3 is 0 Å². The zero-order valence-electron chi connectivity index (χ0n) is 6.71. The van der Waals surface area contributed by atoms with Crippen LogP contribution in [0, 0.1) is 0 Å². The molecule has 0 aliphatic carbocycles. The van der Waals surface area contributed by atoms with Gasteiger partial charge < -0.3 is 10.5 Å². The van der Waals surface area contributed by atoms with Crippen LogP contribution in [0.5, 0.6) is 0 Å². The molecule has 1 saturated heterocycles. The predicted octanol–water partition coefficient (Wildman–Crippen LogP) is 0.0118. The molecule has 0 amide bonds. The van der Waals surface area contributed by atoms with Gasteiger partial charge in [0.1, 0.15) is 0 Å². The summed E-state index contributed by atoms with van der Waals surface area (Å²) >= 11 is 0. The zero-order chi connectivity index (χ0) is 7.56. The van der Waals surface area contributed by atoms with E-state index in [1.54, 1.807) is 0 Å². The minimum absolute atomic E-state index is 0.340. The van der Waals surface area contributed by atoms with Crippen molar-refractivity contribution in [3.8, 4) is 0 Å². The highest BCUT2D eigenvalue weighted by atomic mass is 16.5. The molecule has 3 heteroatoms. The highest BCUT2D eigenvalue weighted by Crippen LogP contribution is 2.08. The van der Waals surface area contributed by atoms with E-state index in [0.717, 1.165) is 13.1 Å². The van der Waals surface area contributed by atoms with Gasteiger partial charge in [0.25, 0.3) is 0 Å². The molecule has 0 spiro atoms. The van der Waals surface area contributed by atoms with Gasteiger partial charge in [-0.15, -0.1) is 0 Å². The molecule has 0 aromatic carbocycles. The quantitative estimate of drug-likeness (QED) is 0.563. The monoisotopic (exact) mass is 144 g/mol. The van der Waals surface area contributed by atoms with Crippen LogP contribution in [-0.4, -0.2) is 36.9 Å². The molecule has 3 nitrogen and oxygen atoms in total. The Hall–Kier alpha value is -0.120. The van der Waals surface area contributed by atoms with Gasteiger partial charge in [-0.3, -0.25) is 4.90 Å². The minimum atomic E-state index is 0.340. The zero-order valence-corrected chi connectivity index (χ0v) is 6.71. The second-order valence-corrected chi connectivity index (χ2v) is 2.98. The van der Waals surface area contributed by atoms with Crippen molar-refractivity contribution in [2.45, 2.75) is 26.1 Å². The molecule has 60 valence electrons. The molecule has 1 aliphatic heterocycles. The molecule has 2 N–H and O–H groups in total. The third-order valence-electron chi connectivity index (χ3n) is 1.75. The lowest BCUT2D eigenvalue weighted by Gasteiger charge is -2.34. The highest BCUT2D eigenvalue weighted by molar-refractivity contribution is 4.71. The molecule has 1 aliphatic rings. The molecule has 0 bridgehead atoms. The van der Waals surface area contributed by atoms with E-state index in [0.29, 0.717) is 18.9 Å². The van der Waals surface area contributed by atoms with Crippen molar-refractivity contribution >= 4 is 0 Å². The largest absolute Gasteiger partial charge is 0.373 e. The Labute approximate surface area is 62.1 Å². The molecule has 1 fully saturated rings. The van der Waals surface area contributed by atoms with Crippen LogP contribution in [0.15, 0.2) is 0 Å². The first-order chi connectivity index (χ1) is 4.72. The number of rotatable bonds is 1. The van der Waals surface area contributed by atoms with Crippen LogP contribution in [0.4, 0.5) is 0 Å². The van der Waals surface area contributed by atoms with E-state index < -0.39 is 0 Å². The van der Waals surface area contributed by atoms with Gasteiger partial charge in [0.15, 0.2) is 0 Å². The molecule has 10 heavy (non-hydrogen) atoms. The van der Waals surface area contributed by atoms with Crippen molar-refractivity contribution in [3.05, 3.63) is 0 Å². The van der Waals surface area contributed by atoms with Crippen molar-refractivity contribution in [2.24, 2.45) is 5.73 Å². The number of ether oxygens (including phenoxy) is 1. The molecule has 2 unspecified atom stereocenters. The molecule has 0 radical (unpaired) electrons. The fraction of sp³-hybridized carbons (Fsp3) is 1.00. The third-order valence-corrected chi connectivity index (χ3v) is 1.75. The molecule has 2 atom stereocenters. The van der Waals surface area contributed by atoms with Crippen LogP contribution in [-0.2, 0) is 4.74 Å². The summed E-state index contributed by atoms with van der Waals surface area (Å²) in [5.74, 6) is 0. The van der Waals surface area contributed by atoms with E-state index in [1.165, 1.54) is 0 Å². The first kappa shape index (κ1) is 7.98. The molecule has 0 aromatic rings. The summed E-state index contributed by atoms with van der Waals surface area (Å²) in [6.45, 7) is 6.76. The average molecular weight is 144 g/mol. The first-order valence-electron chi connectivity index (χ1n) is 3.80. The smallest absolute Gasteiger partial charge is 0.0678 e. The number of hydrogen-bond donors (Lipinski definition) is 1. The SMILES string of the molecule is CC1CN(CN)CC(C)O1. The summed E-state index contributed by atoms with van der Waals surface area (Å²) in [5.41, 5.74) is 5.50. The lowest BCUT2D eigenvalue weighted by Crippen LogP contribution is -2.47. The first-order valence-corrected chi connectivity index (χ1v) is 3.80. The van der Waals surface area contributed by atoms with Crippen LogP contribution < -0.4 is 5.73 Å². The van der Waals surface area contributed by atoms with E-state index in [2.05, 4.69) is 18.7 Å². The molecule has 1 rings (SSSR count). The predicted molar refractivity (Wildman–Crippen MR) is 40.6 cm³/mol. The molecule has 1 heterocycles. The van der Waals surface area contributed by atoms with Crippen molar-refractivity contribution in [1.82, 2.24) is 4.90 Å². The topological polar surface area (TPSA) is 38.5 Å². The van der Waals surface area contributed by atoms with Crippen molar-refractivity contribution in [3.63, 3.8) is 0 Å². The Morgan fingerprint density at radius 3 is 2.30 bits per heavy atom. The van der Waals surface area contributed by atoms with Crippen molar-refractivity contribution in [2.75, 3.05) is 19.8 Å². The fourth-order valence-corrected chi connectivity index (χ4v) is 1.43. The van der Waals surface area contributed by atoms with E-state index in [-0.39, 0.29) is 0 Å². The van der Waals surface area contributed by atoms with E-state index in [1.807, 2.05) is 0 Å². The fourth-order valence-electron chi connectivity index (χ4n) is 1.43. The van der Waals surface area contributed by atoms with Crippen LogP contribution in [0.1, 0.15) is 13.8 Å². The maximum Gasteiger partial charge on any atom is 0.0678 e. The number of nitrogens with zero attached hydrogens (tertiary/aromatic N) is 1. The second kappa shape index (κ2) is 3.32. The Balaban J connectivity index is 2.35. The van der Waals surface area contributed by atoms with E-state index in [4.69, 9.17) is 10.5 Å². The van der Waals surface area contributed by atoms with Gasteiger partial charge in [0.2, 0.25) is 0 Å². The van der Waals surface area contributed by atoms with Gasteiger partial charge in [-0.05, 0) is 13.8 Å². The summed E-state index contributed by atoms with van der Waals surface area (Å²) in [6, 6.07) is 0. The number of morpholine rings is 1. The van der Waals surface area contributed by atoms with Gasteiger partial charge in [-0.25, -0.2) is 0 Å². The van der Waals surface area contributed by atoms with Crippen LogP contribution in [0.2, 0.25) is 0 Å². The number of nitrogens with two attached hydrogens (primary N) is 1. The van der Waals surface area contributed by atoms with E-state index >= 15 is 0 Å². The van der Waals surface area contributed by atoms with E-state index in [9.17, 15) is 0 Å². The maximum atomic E-state index is 5.52. The average Bonchev–Trinajstić information content (AvgIpc) is 1.85. The molecular weight excluding hydrogens is 128 g/mol.